The molecule has 0 spiro atoms. The third-order valence-electron chi connectivity index (χ3n) is 4.09. The minimum absolute atomic E-state index is 0.949. The van der Waals surface area contributed by atoms with Gasteiger partial charge in [0.2, 0.25) is 0 Å². The molecule has 0 N–H and O–H groups in total. The highest BCUT2D eigenvalue weighted by Gasteiger charge is 2.20. The Labute approximate surface area is 103 Å². The van der Waals surface area contributed by atoms with E-state index in [-0.39, 0.29) is 0 Å². The molecule has 0 aliphatic carbocycles. The van der Waals surface area contributed by atoms with Crippen LogP contribution >= 0.6 is 0 Å². The first-order valence-corrected chi connectivity index (χ1v) is 7.52. The molecule has 0 radical (unpaired) electrons. The van der Waals surface area contributed by atoms with E-state index in [2.05, 4.69) is 25.7 Å². The fraction of sp³-hybridized carbons (Fsp3) is 1.00. The van der Waals surface area contributed by atoms with Gasteiger partial charge in [-0.15, -0.1) is 0 Å². The van der Waals surface area contributed by atoms with Crippen molar-refractivity contribution in [2.75, 3.05) is 19.6 Å². The van der Waals surface area contributed by atoms with Crippen LogP contribution in [0.2, 0.25) is 0 Å². The Kier molecular flexibility index (Phi) is 7.11. The lowest BCUT2D eigenvalue weighted by molar-refractivity contribution is 0.141. The summed E-state index contributed by atoms with van der Waals surface area (Å²) in [6, 6.07) is 0. The van der Waals surface area contributed by atoms with Crippen LogP contribution in [0.1, 0.15) is 65.7 Å². The normalized spacial score (nSPS) is 24.6. The van der Waals surface area contributed by atoms with E-state index in [1.54, 1.807) is 0 Å². The topological polar surface area (TPSA) is 3.24 Å². The summed E-state index contributed by atoms with van der Waals surface area (Å²) in [5.41, 5.74) is 0. The van der Waals surface area contributed by atoms with E-state index in [1.807, 2.05) is 0 Å². The molecule has 1 saturated heterocycles. The highest BCUT2D eigenvalue weighted by Crippen LogP contribution is 2.23. The summed E-state index contributed by atoms with van der Waals surface area (Å²) < 4.78 is 0. The Morgan fingerprint density at radius 2 is 2.00 bits per heavy atom. The second-order valence-electron chi connectivity index (χ2n) is 5.62. The Bertz CT molecular complexity index is 165. The number of rotatable bonds is 7. The summed E-state index contributed by atoms with van der Waals surface area (Å²) >= 11 is 0. The molecule has 1 aliphatic rings. The van der Waals surface area contributed by atoms with Gasteiger partial charge in [-0.25, -0.2) is 0 Å². The Balaban J connectivity index is 2.29. The van der Waals surface area contributed by atoms with E-state index >= 15 is 0 Å². The SMILES string of the molecule is CCCC(CC)CN1CCCC(CCC)C1. The van der Waals surface area contributed by atoms with Gasteiger partial charge in [0.1, 0.15) is 0 Å². The van der Waals surface area contributed by atoms with Crippen molar-refractivity contribution in [3.8, 4) is 0 Å². The van der Waals surface area contributed by atoms with Gasteiger partial charge in [0.05, 0.1) is 0 Å². The van der Waals surface area contributed by atoms with E-state index in [9.17, 15) is 0 Å². The number of hydrogen-bond acceptors (Lipinski definition) is 1. The molecule has 1 heterocycles. The van der Waals surface area contributed by atoms with Gasteiger partial charge in [-0.1, -0.05) is 40.0 Å². The lowest BCUT2D eigenvalue weighted by atomic mass is 9.92. The van der Waals surface area contributed by atoms with Crippen LogP contribution in [0, 0.1) is 11.8 Å². The van der Waals surface area contributed by atoms with E-state index in [0.29, 0.717) is 0 Å². The molecule has 16 heavy (non-hydrogen) atoms. The number of piperidine rings is 1. The summed E-state index contributed by atoms with van der Waals surface area (Å²) in [6.07, 6.45) is 9.87. The molecule has 0 aromatic carbocycles. The first-order chi connectivity index (χ1) is 7.80. The molecule has 1 nitrogen and oxygen atoms in total. The maximum absolute atomic E-state index is 2.74. The van der Waals surface area contributed by atoms with Gasteiger partial charge in [-0.3, -0.25) is 0 Å². The van der Waals surface area contributed by atoms with Crippen molar-refractivity contribution in [1.29, 1.82) is 0 Å². The molecule has 1 rings (SSSR count). The number of likely N-dealkylation sites (tertiary alicyclic amines) is 1. The molecule has 2 unspecified atom stereocenters. The molecule has 2 atom stereocenters. The Morgan fingerprint density at radius 1 is 1.19 bits per heavy atom. The lowest BCUT2D eigenvalue weighted by Crippen LogP contribution is -2.38. The first kappa shape index (κ1) is 14.0. The van der Waals surface area contributed by atoms with Gasteiger partial charge < -0.3 is 4.90 Å². The fourth-order valence-corrected chi connectivity index (χ4v) is 3.16. The summed E-state index contributed by atoms with van der Waals surface area (Å²) in [5.74, 6) is 1.95. The maximum atomic E-state index is 2.74. The smallest absolute Gasteiger partial charge is 0.000978 e. The summed E-state index contributed by atoms with van der Waals surface area (Å²) in [4.78, 5) is 2.74. The predicted octanol–water partition coefficient (Wildman–Crippen LogP) is 4.32. The minimum Gasteiger partial charge on any atom is -0.303 e. The third-order valence-corrected chi connectivity index (χ3v) is 4.09. The van der Waals surface area contributed by atoms with Crippen molar-refractivity contribution < 1.29 is 0 Å². The van der Waals surface area contributed by atoms with Crippen LogP contribution in [-0.2, 0) is 0 Å². The first-order valence-electron chi connectivity index (χ1n) is 7.52. The van der Waals surface area contributed by atoms with Gasteiger partial charge in [0.15, 0.2) is 0 Å². The molecular weight excluding hydrogens is 194 g/mol. The van der Waals surface area contributed by atoms with Gasteiger partial charge in [-0.2, -0.15) is 0 Å². The second kappa shape index (κ2) is 8.11. The summed E-state index contributed by atoms with van der Waals surface area (Å²) in [5, 5.41) is 0. The average molecular weight is 225 g/mol. The molecule has 0 aromatic heterocycles. The molecule has 96 valence electrons. The summed E-state index contributed by atoms with van der Waals surface area (Å²) in [7, 11) is 0. The second-order valence-corrected chi connectivity index (χ2v) is 5.62. The molecule has 0 bridgehead atoms. The predicted molar refractivity (Wildman–Crippen MR) is 72.8 cm³/mol. The van der Waals surface area contributed by atoms with Crippen LogP contribution < -0.4 is 0 Å². The molecule has 0 aromatic rings. The van der Waals surface area contributed by atoms with Crippen molar-refractivity contribution in [3.05, 3.63) is 0 Å². The zero-order chi connectivity index (χ0) is 11.8. The van der Waals surface area contributed by atoms with Crippen molar-refractivity contribution >= 4 is 0 Å². The van der Waals surface area contributed by atoms with Crippen molar-refractivity contribution in [3.63, 3.8) is 0 Å². The van der Waals surface area contributed by atoms with Crippen LogP contribution in [0.15, 0.2) is 0 Å². The van der Waals surface area contributed by atoms with E-state index in [1.165, 1.54) is 64.6 Å². The maximum Gasteiger partial charge on any atom is 0.000978 e. The molecule has 0 amide bonds. The fourth-order valence-electron chi connectivity index (χ4n) is 3.16. The van der Waals surface area contributed by atoms with E-state index in [4.69, 9.17) is 0 Å². The van der Waals surface area contributed by atoms with Gasteiger partial charge in [-0.05, 0) is 44.1 Å². The van der Waals surface area contributed by atoms with Crippen molar-refractivity contribution in [2.45, 2.75) is 65.7 Å². The lowest BCUT2D eigenvalue weighted by Gasteiger charge is -2.34. The number of nitrogens with zero attached hydrogens (tertiary/aromatic N) is 1. The standard InChI is InChI=1S/C15H31N/c1-4-8-14(6-3)12-16-11-7-10-15(13-16)9-5-2/h14-15H,4-13H2,1-3H3. The zero-order valence-corrected chi connectivity index (χ0v) is 11.7. The van der Waals surface area contributed by atoms with Crippen LogP contribution in [0.5, 0.6) is 0 Å². The van der Waals surface area contributed by atoms with E-state index in [0.717, 1.165) is 11.8 Å². The Morgan fingerprint density at radius 3 is 2.62 bits per heavy atom. The van der Waals surface area contributed by atoms with Gasteiger partial charge in [0.25, 0.3) is 0 Å². The number of hydrogen-bond donors (Lipinski definition) is 0. The highest BCUT2D eigenvalue weighted by molar-refractivity contribution is 4.74. The van der Waals surface area contributed by atoms with Crippen molar-refractivity contribution in [1.82, 2.24) is 4.90 Å². The minimum atomic E-state index is 0.949. The third kappa shape index (κ3) is 4.86. The molecular formula is C15H31N. The molecule has 1 heteroatoms. The van der Waals surface area contributed by atoms with Gasteiger partial charge in [0, 0.05) is 13.1 Å². The van der Waals surface area contributed by atoms with Crippen LogP contribution in [0.3, 0.4) is 0 Å². The van der Waals surface area contributed by atoms with E-state index < -0.39 is 0 Å². The molecule has 1 fully saturated rings. The molecule has 0 saturated carbocycles. The summed E-state index contributed by atoms with van der Waals surface area (Å²) in [6.45, 7) is 11.1. The van der Waals surface area contributed by atoms with Crippen LogP contribution in [-0.4, -0.2) is 24.5 Å². The van der Waals surface area contributed by atoms with Crippen LogP contribution in [0.25, 0.3) is 0 Å². The monoisotopic (exact) mass is 225 g/mol. The average Bonchev–Trinajstić information content (AvgIpc) is 2.29. The highest BCUT2D eigenvalue weighted by atomic mass is 15.1. The van der Waals surface area contributed by atoms with Crippen molar-refractivity contribution in [2.24, 2.45) is 11.8 Å². The zero-order valence-electron chi connectivity index (χ0n) is 11.7. The largest absolute Gasteiger partial charge is 0.303 e. The van der Waals surface area contributed by atoms with Gasteiger partial charge >= 0.3 is 0 Å². The Hall–Kier alpha value is -0.0400. The quantitative estimate of drug-likeness (QED) is 0.623. The van der Waals surface area contributed by atoms with Crippen LogP contribution in [0.4, 0.5) is 0 Å². The molecule has 1 aliphatic heterocycles.